The normalized spacial score (nSPS) is 13.7. The molecule has 2 heterocycles. The minimum Gasteiger partial charge on any atom is -0.481 e. The first-order valence-corrected chi connectivity index (χ1v) is 13.0. The number of benzene rings is 2. The predicted molar refractivity (Wildman–Crippen MR) is 144 cm³/mol. The van der Waals surface area contributed by atoms with Crippen molar-refractivity contribution >= 4 is 23.5 Å². The molecule has 4 rings (SSSR count). The first kappa shape index (κ1) is 27.3. The zero-order valence-electron chi connectivity index (χ0n) is 21.4. The molecule has 1 aliphatic rings. The third-order valence-electron chi connectivity index (χ3n) is 6.56. The third kappa shape index (κ3) is 6.37. The average molecular weight is 539 g/mol. The van der Waals surface area contributed by atoms with Gasteiger partial charge in [0.15, 0.2) is 11.5 Å². The summed E-state index contributed by atoms with van der Waals surface area (Å²) >= 11 is 6.34. The number of unbranched alkanes of at least 4 members (excludes halogenated alkanes) is 1. The zero-order valence-corrected chi connectivity index (χ0v) is 22.2. The molecule has 200 valence electrons. The maximum atomic E-state index is 13.7. The lowest BCUT2D eigenvalue weighted by Crippen LogP contribution is -2.40. The SMILES string of the molecule is CCCC[C@H](C(=O)N[C@@H](CC(=O)O)c1ccc2c(c1)OCO2)n1cc(C)cc(Cc2ccccc2Cl)c1=O. The number of halogens is 1. The third-order valence-corrected chi connectivity index (χ3v) is 6.93. The van der Waals surface area contributed by atoms with Crippen LogP contribution in [0.3, 0.4) is 0 Å². The molecule has 2 atom stereocenters. The van der Waals surface area contributed by atoms with Gasteiger partial charge in [0, 0.05) is 23.2 Å². The van der Waals surface area contributed by atoms with Gasteiger partial charge in [0.2, 0.25) is 12.7 Å². The topological polar surface area (TPSA) is 107 Å². The second-order valence-corrected chi connectivity index (χ2v) is 9.86. The van der Waals surface area contributed by atoms with Gasteiger partial charge >= 0.3 is 5.97 Å². The Morgan fingerprint density at radius 3 is 2.61 bits per heavy atom. The molecule has 0 bridgehead atoms. The van der Waals surface area contributed by atoms with Gasteiger partial charge in [0.1, 0.15) is 6.04 Å². The zero-order chi connectivity index (χ0) is 27.2. The fourth-order valence-corrected chi connectivity index (χ4v) is 4.84. The van der Waals surface area contributed by atoms with Crippen molar-refractivity contribution in [2.45, 2.75) is 58.0 Å². The van der Waals surface area contributed by atoms with Crippen LogP contribution in [0, 0.1) is 6.92 Å². The van der Waals surface area contributed by atoms with E-state index in [1.165, 1.54) is 4.57 Å². The van der Waals surface area contributed by atoms with E-state index in [2.05, 4.69) is 5.32 Å². The quantitative estimate of drug-likeness (QED) is 0.348. The molecule has 38 heavy (non-hydrogen) atoms. The van der Waals surface area contributed by atoms with Crippen LogP contribution in [0.2, 0.25) is 5.02 Å². The number of carboxylic acid groups (broad SMARTS) is 1. The van der Waals surface area contributed by atoms with E-state index < -0.39 is 24.0 Å². The van der Waals surface area contributed by atoms with Gasteiger partial charge in [0.05, 0.1) is 12.5 Å². The molecule has 2 aromatic carbocycles. The molecule has 1 aromatic heterocycles. The summed E-state index contributed by atoms with van der Waals surface area (Å²) < 4.78 is 12.3. The number of hydrogen-bond acceptors (Lipinski definition) is 5. The van der Waals surface area contributed by atoms with Crippen molar-refractivity contribution < 1.29 is 24.2 Å². The Morgan fingerprint density at radius 2 is 1.87 bits per heavy atom. The number of pyridine rings is 1. The van der Waals surface area contributed by atoms with Crippen molar-refractivity contribution in [1.82, 2.24) is 9.88 Å². The summed E-state index contributed by atoms with van der Waals surface area (Å²) in [5.74, 6) is -0.423. The molecule has 0 spiro atoms. The molecule has 1 aliphatic heterocycles. The average Bonchev–Trinajstić information content (AvgIpc) is 3.35. The van der Waals surface area contributed by atoms with Crippen LogP contribution in [0.1, 0.15) is 66.9 Å². The van der Waals surface area contributed by atoms with Crippen LogP contribution in [0.25, 0.3) is 0 Å². The van der Waals surface area contributed by atoms with E-state index in [1.54, 1.807) is 30.5 Å². The smallest absolute Gasteiger partial charge is 0.305 e. The Morgan fingerprint density at radius 1 is 1.11 bits per heavy atom. The second kappa shape index (κ2) is 12.2. The number of nitrogens with one attached hydrogen (secondary N) is 1. The number of amides is 1. The van der Waals surface area contributed by atoms with Crippen LogP contribution in [-0.2, 0) is 16.0 Å². The number of aryl methyl sites for hydroxylation is 1. The number of carbonyl (C=O) groups excluding carboxylic acids is 1. The molecular formula is C29H31ClN2O6. The van der Waals surface area contributed by atoms with Crippen molar-refractivity contribution in [3.05, 3.63) is 92.4 Å². The lowest BCUT2D eigenvalue weighted by molar-refractivity contribution is -0.138. The fourth-order valence-electron chi connectivity index (χ4n) is 4.64. The van der Waals surface area contributed by atoms with Crippen LogP contribution in [-0.4, -0.2) is 28.3 Å². The minimum atomic E-state index is -1.06. The van der Waals surface area contributed by atoms with E-state index in [0.717, 1.165) is 17.5 Å². The number of rotatable bonds is 11. The number of nitrogens with zero attached hydrogens (tertiary/aromatic N) is 1. The van der Waals surface area contributed by atoms with Crippen molar-refractivity contribution in [2.24, 2.45) is 0 Å². The van der Waals surface area contributed by atoms with Gasteiger partial charge in [0.25, 0.3) is 5.56 Å². The van der Waals surface area contributed by atoms with E-state index in [0.29, 0.717) is 46.9 Å². The van der Waals surface area contributed by atoms with Gasteiger partial charge in [-0.15, -0.1) is 0 Å². The molecule has 0 radical (unpaired) electrons. The molecule has 1 amide bonds. The van der Waals surface area contributed by atoms with Gasteiger partial charge in [-0.1, -0.05) is 55.6 Å². The highest BCUT2D eigenvalue weighted by Gasteiger charge is 2.27. The molecular weight excluding hydrogens is 508 g/mol. The summed E-state index contributed by atoms with van der Waals surface area (Å²) in [6.07, 6.45) is 3.67. The standard InChI is InChI=1S/C29H31ClN2O6/c1-3-4-9-24(32-16-18(2)12-21(29(32)36)13-19-7-5-6-8-22(19)30)28(35)31-23(15-27(33)34)20-10-11-25-26(14-20)38-17-37-25/h5-8,10-12,14,16,23-24H,3-4,9,13,15,17H2,1-2H3,(H,31,35)(H,33,34)/t23-,24+/m0/s1. The first-order valence-electron chi connectivity index (χ1n) is 12.6. The Kier molecular flexibility index (Phi) is 8.73. The van der Waals surface area contributed by atoms with Crippen molar-refractivity contribution in [3.63, 3.8) is 0 Å². The Balaban J connectivity index is 1.66. The fraction of sp³-hybridized carbons (Fsp3) is 0.345. The highest BCUT2D eigenvalue weighted by molar-refractivity contribution is 6.31. The number of hydrogen-bond donors (Lipinski definition) is 2. The van der Waals surface area contributed by atoms with Gasteiger partial charge < -0.3 is 24.5 Å². The summed E-state index contributed by atoms with van der Waals surface area (Å²) in [6.45, 7) is 3.97. The Labute approximate surface area is 226 Å². The van der Waals surface area contributed by atoms with Gasteiger partial charge in [-0.25, -0.2) is 0 Å². The highest BCUT2D eigenvalue weighted by Crippen LogP contribution is 2.35. The molecule has 0 aliphatic carbocycles. The van der Waals surface area contributed by atoms with Gasteiger partial charge in [-0.05, 0) is 54.3 Å². The van der Waals surface area contributed by atoms with E-state index in [-0.39, 0.29) is 18.8 Å². The van der Waals surface area contributed by atoms with Crippen LogP contribution in [0.15, 0.2) is 59.5 Å². The van der Waals surface area contributed by atoms with Crippen LogP contribution >= 0.6 is 11.6 Å². The summed E-state index contributed by atoms with van der Waals surface area (Å²) in [5.41, 5.74) is 2.49. The van der Waals surface area contributed by atoms with E-state index in [1.807, 2.05) is 38.1 Å². The number of carboxylic acids is 1. The molecule has 3 aromatic rings. The van der Waals surface area contributed by atoms with Crippen LogP contribution in [0.5, 0.6) is 11.5 Å². The molecule has 0 fully saturated rings. The lowest BCUT2D eigenvalue weighted by atomic mass is 10.0. The van der Waals surface area contributed by atoms with Crippen molar-refractivity contribution in [3.8, 4) is 11.5 Å². The largest absolute Gasteiger partial charge is 0.481 e. The van der Waals surface area contributed by atoms with Gasteiger partial charge in [-0.2, -0.15) is 0 Å². The second-order valence-electron chi connectivity index (χ2n) is 9.45. The Bertz CT molecular complexity index is 1390. The number of aliphatic carboxylic acids is 1. The van der Waals surface area contributed by atoms with Gasteiger partial charge in [-0.3, -0.25) is 14.4 Å². The maximum absolute atomic E-state index is 13.7. The van der Waals surface area contributed by atoms with Crippen LogP contribution < -0.4 is 20.3 Å². The molecule has 0 saturated heterocycles. The molecule has 0 saturated carbocycles. The van der Waals surface area contributed by atoms with E-state index in [9.17, 15) is 19.5 Å². The Hall–Kier alpha value is -3.78. The number of ether oxygens (including phenoxy) is 2. The van der Waals surface area contributed by atoms with Crippen LogP contribution in [0.4, 0.5) is 0 Å². The molecule has 8 nitrogen and oxygen atoms in total. The highest BCUT2D eigenvalue weighted by atomic mass is 35.5. The van der Waals surface area contributed by atoms with Crippen molar-refractivity contribution in [1.29, 1.82) is 0 Å². The first-order chi connectivity index (χ1) is 18.3. The maximum Gasteiger partial charge on any atom is 0.305 e. The number of fused-ring (bicyclic) bond motifs is 1. The van der Waals surface area contributed by atoms with Crippen molar-refractivity contribution in [2.75, 3.05) is 6.79 Å². The molecule has 9 heteroatoms. The summed E-state index contributed by atoms with van der Waals surface area (Å²) in [4.78, 5) is 39.0. The summed E-state index contributed by atoms with van der Waals surface area (Å²) in [6, 6.07) is 12.6. The van der Waals surface area contributed by atoms with E-state index in [4.69, 9.17) is 21.1 Å². The summed E-state index contributed by atoms with van der Waals surface area (Å²) in [7, 11) is 0. The molecule has 0 unspecified atom stereocenters. The number of carbonyl (C=O) groups is 2. The summed E-state index contributed by atoms with van der Waals surface area (Å²) in [5, 5.41) is 13.0. The lowest BCUT2D eigenvalue weighted by Gasteiger charge is -2.25. The van der Waals surface area contributed by atoms with E-state index >= 15 is 0 Å². The minimum absolute atomic E-state index is 0.0840. The monoisotopic (exact) mass is 538 g/mol. The number of aromatic nitrogens is 1. The predicted octanol–water partition coefficient (Wildman–Crippen LogP) is 5.19. The molecule has 2 N–H and O–H groups in total.